The van der Waals surface area contributed by atoms with Crippen molar-refractivity contribution in [3.05, 3.63) is 28.5 Å². The molecule has 0 bridgehead atoms. The quantitative estimate of drug-likeness (QED) is 0.640. The smallest absolute Gasteiger partial charge is 0.147 e. The fraction of sp³-hybridized carbons (Fsp3) is 0.400. The zero-order valence-corrected chi connectivity index (χ0v) is 8.74. The molecular formula is C10H13ClFN. The first kappa shape index (κ1) is 10.3. The van der Waals surface area contributed by atoms with Crippen LogP contribution in [-0.2, 0) is 5.41 Å². The molecule has 0 spiro atoms. The van der Waals surface area contributed by atoms with E-state index < -0.39 is 5.82 Å². The molecule has 0 fully saturated rings. The number of nitrogens with two attached hydrogens (primary N) is 1. The molecule has 72 valence electrons. The summed E-state index contributed by atoms with van der Waals surface area (Å²) in [6, 6.07) is 3.10. The zero-order chi connectivity index (χ0) is 10.2. The Morgan fingerprint density at radius 3 is 2.23 bits per heavy atom. The standard InChI is InChI=1S/C10H13ClFN/c1-10(2,3)8-7(13)5-4-6(11)9(8)12/h4-5H,13H2,1-3H3. The van der Waals surface area contributed by atoms with Gasteiger partial charge in [-0.05, 0) is 17.5 Å². The molecule has 0 amide bonds. The van der Waals surface area contributed by atoms with E-state index in [1.165, 1.54) is 6.07 Å². The molecule has 0 aromatic heterocycles. The maximum atomic E-state index is 13.5. The van der Waals surface area contributed by atoms with Crippen molar-refractivity contribution in [2.24, 2.45) is 0 Å². The third kappa shape index (κ3) is 1.94. The van der Waals surface area contributed by atoms with Crippen molar-refractivity contribution >= 4 is 17.3 Å². The van der Waals surface area contributed by atoms with Gasteiger partial charge >= 0.3 is 0 Å². The summed E-state index contributed by atoms with van der Waals surface area (Å²) in [5.74, 6) is -0.408. The van der Waals surface area contributed by atoms with Crippen LogP contribution >= 0.6 is 11.6 Å². The molecule has 1 aromatic rings. The molecule has 0 saturated heterocycles. The normalized spacial score (nSPS) is 11.8. The molecule has 0 heterocycles. The Bertz CT molecular complexity index is 328. The molecule has 0 aliphatic carbocycles. The van der Waals surface area contributed by atoms with Crippen molar-refractivity contribution in [1.29, 1.82) is 0 Å². The first-order valence-electron chi connectivity index (χ1n) is 4.08. The number of hydrogen-bond acceptors (Lipinski definition) is 1. The van der Waals surface area contributed by atoms with Crippen molar-refractivity contribution in [3.63, 3.8) is 0 Å². The lowest BCUT2D eigenvalue weighted by Crippen LogP contribution is -2.16. The van der Waals surface area contributed by atoms with E-state index in [0.29, 0.717) is 11.3 Å². The first-order chi connectivity index (χ1) is 5.84. The van der Waals surface area contributed by atoms with Crippen LogP contribution < -0.4 is 5.73 Å². The summed E-state index contributed by atoms with van der Waals surface area (Å²) in [7, 11) is 0. The van der Waals surface area contributed by atoms with E-state index in [9.17, 15) is 4.39 Å². The molecular weight excluding hydrogens is 189 g/mol. The monoisotopic (exact) mass is 201 g/mol. The second kappa shape index (κ2) is 3.18. The number of nitrogen functional groups attached to an aromatic ring is 1. The van der Waals surface area contributed by atoms with E-state index in [4.69, 9.17) is 17.3 Å². The van der Waals surface area contributed by atoms with Gasteiger partial charge in [0.1, 0.15) is 5.82 Å². The van der Waals surface area contributed by atoms with Crippen molar-refractivity contribution in [2.75, 3.05) is 5.73 Å². The Morgan fingerprint density at radius 1 is 1.31 bits per heavy atom. The second-order valence-electron chi connectivity index (χ2n) is 4.08. The Morgan fingerprint density at radius 2 is 1.85 bits per heavy atom. The average Bonchev–Trinajstić information content (AvgIpc) is 1.95. The van der Waals surface area contributed by atoms with Gasteiger partial charge in [-0.3, -0.25) is 0 Å². The average molecular weight is 202 g/mol. The van der Waals surface area contributed by atoms with Crippen LogP contribution in [0.1, 0.15) is 26.3 Å². The van der Waals surface area contributed by atoms with Crippen molar-refractivity contribution in [1.82, 2.24) is 0 Å². The topological polar surface area (TPSA) is 26.0 Å². The minimum absolute atomic E-state index is 0.124. The lowest BCUT2D eigenvalue weighted by atomic mass is 9.85. The van der Waals surface area contributed by atoms with Crippen molar-refractivity contribution < 1.29 is 4.39 Å². The molecule has 0 radical (unpaired) electrons. The molecule has 3 heteroatoms. The number of anilines is 1. The highest BCUT2D eigenvalue weighted by Gasteiger charge is 2.22. The fourth-order valence-corrected chi connectivity index (χ4v) is 1.49. The molecule has 0 unspecified atom stereocenters. The minimum atomic E-state index is -0.408. The van der Waals surface area contributed by atoms with Gasteiger partial charge in [0.15, 0.2) is 0 Å². The molecule has 0 atom stereocenters. The number of hydrogen-bond donors (Lipinski definition) is 1. The Balaban J connectivity index is 3.43. The molecule has 1 rings (SSSR count). The van der Waals surface area contributed by atoms with Crippen LogP contribution in [0.5, 0.6) is 0 Å². The Labute approximate surface area is 82.7 Å². The Hall–Kier alpha value is -0.760. The van der Waals surface area contributed by atoms with Gasteiger partial charge in [-0.15, -0.1) is 0 Å². The minimum Gasteiger partial charge on any atom is -0.398 e. The van der Waals surface area contributed by atoms with Gasteiger partial charge < -0.3 is 5.73 Å². The maximum Gasteiger partial charge on any atom is 0.147 e. The SMILES string of the molecule is CC(C)(C)c1c(N)ccc(Cl)c1F. The summed E-state index contributed by atoms with van der Waals surface area (Å²) in [5, 5.41) is 0.124. The van der Waals surface area contributed by atoms with Crippen LogP contribution in [-0.4, -0.2) is 0 Å². The second-order valence-corrected chi connectivity index (χ2v) is 4.48. The largest absolute Gasteiger partial charge is 0.398 e. The lowest BCUT2D eigenvalue weighted by molar-refractivity contribution is 0.525. The predicted molar refractivity (Wildman–Crippen MR) is 54.5 cm³/mol. The van der Waals surface area contributed by atoms with Gasteiger partial charge in [-0.25, -0.2) is 4.39 Å². The molecule has 0 aliphatic rings. The Kier molecular flexibility index (Phi) is 2.53. The highest BCUT2D eigenvalue weighted by Crippen LogP contribution is 2.33. The molecule has 13 heavy (non-hydrogen) atoms. The summed E-state index contributed by atoms with van der Waals surface area (Å²) in [4.78, 5) is 0. The highest BCUT2D eigenvalue weighted by atomic mass is 35.5. The van der Waals surface area contributed by atoms with E-state index >= 15 is 0 Å². The van der Waals surface area contributed by atoms with E-state index in [1.54, 1.807) is 6.07 Å². The van der Waals surface area contributed by atoms with Gasteiger partial charge in [0.2, 0.25) is 0 Å². The maximum absolute atomic E-state index is 13.5. The molecule has 1 nitrogen and oxygen atoms in total. The molecule has 2 N–H and O–H groups in total. The zero-order valence-electron chi connectivity index (χ0n) is 7.99. The van der Waals surface area contributed by atoms with Gasteiger partial charge in [-0.1, -0.05) is 32.4 Å². The molecule has 0 saturated carbocycles. The van der Waals surface area contributed by atoms with Crippen LogP contribution in [0, 0.1) is 5.82 Å². The van der Waals surface area contributed by atoms with E-state index in [0.717, 1.165) is 0 Å². The summed E-state index contributed by atoms with van der Waals surface area (Å²) >= 11 is 5.66. The van der Waals surface area contributed by atoms with E-state index in [1.807, 2.05) is 20.8 Å². The van der Waals surface area contributed by atoms with Gasteiger partial charge in [-0.2, -0.15) is 0 Å². The molecule has 0 aliphatic heterocycles. The lowest BCUT2D eigenvalue weighted by Gasteiger charge is -2.22. The van der Waals surface area contributed by atoms with Crippen LogP contribution in [0.4, 0.5) is 10.1 Å². The van der Waals surface area contributed by atoms with Crippen LogP contribution in [0.25, 0.3) is 0 Å². The van der Waals surface area contributed by atoms with Gasteiger partial charge in [0, 0.05) is 11.3 Å². The first-order valence-corrected chi connectivity index (χ1v) is 4.46. The van der Waals surface area contributed by atoms with Gasteiger partial charge in [0.05, 0.1) is 5.02 Å². The van der Waals surface area contributed by atoms with E-state index in [2.05, 4.69) is 0 Å². The van der Waals surface area contributed by atoms with Crippen molar-refractivity contribution in [3.8, 4) is 0 Å². The van der Waals surface area contributed by atoms with Crippen LogP contribution in [0.3, 0.4) is 0 Å². The summed E-state index contributed by atoms with van der Waals surface area (Å²) in [5.41, 5.74) is 6.30. The third-order valence-corrected chi connectivity index (χ3v) is 2.17. The summed E-state index contributed by atoms with van der Waals surface area (Å²) in [6.45, 7) is 5.70. The number of benzene rings is 1. The fourth-order valence-electron chi connectivity index (χ4n) is 1.33. The predicted octanol–water partition coefficient (Wildman–Crippen LogP) is 3.36. The van der Waals surface area contributed by atoms with Crippen LogP contribution in [0.2, 0.25) is 5.02 Å². The third-order valence-electron chi connectivity index (χ3n) is 1.88. The summed E-state index contributed by atoms with van der Waals surface area (Å²) < 4.78 is 13.5. The molecule has 1 aromatic carbocycles. The number of halogens is 2. The van der Waals surface area contributed by atoms with Crippen molar-refractivity contribution in [2.45, 2.75) is 26.2 Å². The van der Waals surface area contributed by atoms with E-state index in [-0.39, 0.29) is 10.4 Å². The highest BCUT2D eigenvalue weighted by molar-refractivity contribution is 6.30. The number of rotatable bonds is 0. The van der Waals surface area contributed by atoms with Crippen LogP contribution in [0.15, 0.2) is 12.1 Å². The summed E-state index contributed by atoms with van der Waals surface area (Å²) in [6.07, 6.45) is 0. The van der Waals surface area contributed by atoms with Gasteiger partial charge in [0.25, 0.3) is 0 Å².